The van der Waals surface area contributed by atoms with Crippen molar-refractivity contribution in [3.05, 3.63) is 35.2 Å². The van der Waals surface area contributed by atoms with Crippen molar-refractivity contribution < 1.29 is 9.26 Å². The summed E-state index contributed by atoms with van der Waals surface area (Å²) in [5.41, 5.74) is 0.949. The van der Waals surface area contributed by atoms with Gasteiger partial charge in [0.05, 0.1) is 18.7 Å². The molecule has 1 atom stereocenters. The third-order valence-corrected chi connectivity index (χ3v) is 4.02. The van der Waals surface area contributed by atoms with Crippen LogP contribution in [0.4, 0.5) is 0 Å². The molecule has 0 N–H and O–H groups in total. The van der Waals surface area contributed by atoms with Crippen LogP contribution in [0.25, 0.3) is 4.96 Å². The average Bonchev–Trinajstić information content (AvgIpc) is 3.12. The van der Waals surface area contributed by atoms with E-state index in [4.69, 9.17) is 9.26 Å². The molecule has 1 saturated heterocycles. The van der Waals surface area contributed by atoms with Crippen molar-refractivity contribution in [2.75, 3.05) is 13.2 Å². The predicted molar refractivity (Wildman–Crippen MR) is 68.4 cm³/mol. The van der Waals surface area contributed by atoms with Gasteiger partial charge in [-0.2, -0.15) is 4.98 Å². The van der Waals surface area contributed by atoms with E-state index in [-0.39, 0.29) is 5.92 Å². The summed E-state index contributed by atoms with van der Waals surface area (Å²) in [6, 6.07) is 0. The molecule has 0 amide bonds. The fourth-order valence-electron chi connectivity index (χ4n) is 2.26. The fraction of sp³-hybridized carbons (Fsp3) is 0.417. The van der Waals surface area contributed by atoms with Crippen LogP contribution in [0, 0.1) is 0 Å². The number of aromatic nitrogens is 4. The third kappa shape index (κ3) is 2.04. The Morgan fingerprint density at radius 2 is 2.42 bits per heavy atom. The SMILES string of the molecule is c1cn2cc(Cc3nc([C@@H]4CCOC4)no3)nc2s1. The van der Waals surface area contributed by atoms with Crippen LogP contribution in [-0.2, 0) is 11.2 Å². The second kappa shape index (κ2) is 4.43. The van der Waals surface area contributed by atoms with Crippen LogP contribution in [-0.4, -0.2) is 32.7 Å². The molecule has 4 heterocycles. The summed E-state index contributed by atoms with van der Waals surface area (Å²) in [6.07, 6.45) is 5.54. The van der Waals surface area contributed by atoms with Crippen molar-refractivity contribution in [2.45, 2.75) is 18.8 Å². The predicted octanol–water partition coefficient (Wildman–Crippen LogP) is 1.87. The highest BCUT2D eigenvalue weighted by atomic mass is 32.1. The van der Waals surface area contributed by atoms with Gasteiger partial charge >= 0.3 is 0 Å². The monoisotopic (exact) mass is 276 g/mol. The lowest BCUT2D eigenvalue weighted by molar-refractivity contribution is 0.192. The molecule has 0 aliphatic carbocycles. The number of imidazole rings is 1. The molecule has 98 valence electrons. The Labute approximate surface area is 113 Å². The van der Waals surface area contributed by atoms with E-state index in [1.54, 1.807) is 11.3 Å². The van der Waals surface area contributed by atoms with E-state index in [9.17, 15) is 0 Å². The molecule has 3 aromatic heterocycles. The lowest BCUT2D eigenvalue weighted by Gasteiger charge is -1.97. The van der Waals surface area contributed by atoms with Crippen molar-refractivity contribution in [1.82, 2.24) is 19.5 Å². The summed E-state index contributed by atoms with van der Waals surface area (Å²) in [6.45, 7) is 1.48. The first-order chi connectivity index (χ1) is 9.38. The lowest BCUT2D eigenvalue weighted by Crippen LogP contribution is -2.00. The highest BCUT2D eigenvalue weighted by Crippen LogP contribution is 2.23. The minimum Gasteiger partial charge on any atom is -0.381 e. The fourth-order valence-corrected chi connectivity index (χ4v) is 2.98. The molecular weight excluding hydrogens is 264 g/mol. The van der Waals surface area contributed by atoms with E-state index in [2.05, 4.69) is 15.1 Å². The summed E-state index contributed by atoms with van der Waals surface area (Å²) in [5.74, 6) is 1.66. The second-order valence-electron chi connectivity index (χ2n) is 4.61. The Balaban J connectivity index is 1.54. The van der Waals surface area contributed by atoms with Crippen molar-refractivity contribution in [2.24, 2.45) is 0 Å². The van der Waals surface area contributed by atoms with Crippen LogP contribution in [0.3, 0.4) is 0 Å². The largest absolute Gasteiger partial charge is 0.381 e. The molecule has 1 aliphatic heterocycles. The molecule has 0 saturated carbocycles. The van der Waals surface area contributed by atoms with Crippen LogP contribution in [0.15, 0.2) is 22.3 Å². The number of thiazole rings is 1. The minimum absolute atomic E-state index is 0.281. The van der Waals surface area contributed by atoms with E-state index < -0.39 is 0 Å². The number of hydrogen-bond donors (Lipinski definition) is 0. The molecule has 0 aromatic carbocycles. The van der Waals surface area contributed by atoms with Gasteiger partial charge in [0.15, 0.2) is 10.8 Å². The van der Waals surface area contributed by atoms with E-state index in [1.807, 2.05) is 22.2 Å². The maximum Gasteiger partial charge on any atom is 0.232 e. The van der Waals surface area contributed by atoms with E-state index in [0.29, 0.717) is 18.9 Å². The molecule has 0 bridgehead atoms. The third-order valence-electron chi connectivity index (χ3n) is 3.25. The summed E-state index contributed by atoms with van der Waals surface area (Å²) in [5, 5.41) is 6.05. The number of hydrogen-bond acceptors (Lipinski definition) is 6. The Kier molecular flexibility index (Phi) is 2.59. The van der Waals surface area contributed by atoms with Crippen LogP contribution >= 0.6 is 11.3 Å². The molecule has 0 spiro atoms. The zero-order valence-corrected chi connectivity index (χ0v) is 11.0. The zero-order chi connectivity index (χ0) is 12.7. The van der Waals surface area contributed by atoms with E-state index in [1.165, 1.54) is 0 Å². The van der Waals surface area contributed by atoms with Crippen molar-refractivity contribution in [3.63, 3.8) is 0 Å². The highest BCUT2D eigenvalue weighted by molar-refractivity contribution is 7.15. The molecule has 6 nitrogen and oxygen atoms in total. The summed E-state index contributed by atoms with van der Waals surface area (Å²) in [4.78, 5) is 9.93. The summed E-state index contributed by atoms with van der Waals surface area (Å²) in [7, 11) is 0. The van der Waals surface area contributed by atoms with E-state index in [0.717, 1.165) is 29.5 Å². The normalized spacial score (nSPS) is 19.5. The molecule has 1 fully saturated rings. The number of rotatable bonds is 3. The van der Waals surface area contributed by atoms with Gasteiger partial charge < -0.3 is 9.26 Å². The quantitative estimate of drug-likeness (QED) is 0.730. The average molecular weight is 276 g/mol. The molecule has 4 rings (SSSR count). The van der Waals surface area contributed by atoms with Crippen molar-refractivity contribution in [1.29, 1.82) is 0 Å². The standard InChI is InChI=1S/C12H12N4O2S/c1-3-17-7-8(1)11-14-10(18-15-11)5-9-6-16-2-4-19-12(16)13-9/h2,4,6,8H,1,3,5,7H2/t8-/m1/s1. The molecule has 3 aromatic rings. The van der Waals surface area contributed by atoms with Crippen molar-refractivity contribution >= 4 is 16.3 Å². The topological polar surface area (TPSA) is 65.5 Å². The molecule has 7 heteroatoms. The highest BCUT2D eigenvalue weighted by Gasteiger charge is 2.23. The maximum absolute atomic E-state index is 5.33. The van der Waals surface area contributed by atoms with Gasteiger partial charge in [0, 0.05) is 30.3 Å². The van der Waals surface area contributed by atoms with Gasteiger partial charge in [-0.15, -0.1) is 11.3 Å². The Morgan fingerprint density at radius 1 is 1.42 bits per heavy atom. The molecule has 0 radical (unpaired) electrons. The van der Waals surface area contributed by atoms with Gasteiger partial charge in [-0.25, -0.2) is 4.98 Å². The van der Waals surface area contributed by atoms with Gasteiger partial charge in [-0.3, -0.25) is 4.40 Å². The Bertz CT molecular complexity index is 667. The Hall–Kier alpha value is -1.73. The van der Waals surface area contributed by atoms with Gasteiger partial charge in [0.2, 0.25) is 5.89 Å². The summed E-state index contributed by atoms with van der Waals surface area (Å²) < 4.78 is 12.6. The smallest absolute Gasteiger partial charge is 0.232 e. The minimum atomic E-state index is 0.281. The Morgan fingerprint density at radius 3 is 3.26 bits per heavy atom. The number of nitrogens with zero attached hydrogens (tertiary/aromatic N) is 4. The van der Waals surface area contributed by atoms with Gasteiger partial charge in [0.1, 0.15) is 0 Å². The van der Waals surface area contributed by atoms with Gasteiger partial charge in [-0.05, 0) is 6.42 Å². The summed E-state index contributed by atoms with van der Waals surface area (Å²) >= 11 is 1.61. The zero-order valence-electron chi connectivity index (χ0n) is 10.2. The maximum atomic E-state index is 5.33. The van der Waals surface area contributed by atoms with Gasteiger partial charge in [-0.1, -0.05) is 5.16 Å². The van der Waals surface area contributed by atoms with Crippen LogP contribution in [0.2, 0.25) is 0 Å². The number of fused-ring (bicyclic) bond motifs is 1. The lowest BCUT2D eigenvalue weighted by atomic mass is 10.1. The number of ether oxygens (including phenoxy) is 1. The van der Waals surface area contributed by atoms with Crippen LogP contribution in [0.1, 0.15) is 29.7 Å². The molecule has 0 unspecified atom stereocenters. The molecule has 19 heavy (non-hydrogen) atoms. The van der Waals surface area contributed by atoms with Crippen molar-refractivity contribution in [3.8, 4) is 0 Å². The first kappa shape index (κ1) is 11.1. The molecule has 1 aliphatic rings. The van der Waals surface area contributed by atoms with Gasteiger partial charge in [0.25, 0.3) is 0 Å². The first-order valence-corrected chi connectivity index (χ1v) is 7.08. The molecular formula is C12H12N4O2S. The van der Waals surface area contributed by atoms with E-state index >= 15 is 0 Å². The van der Waals surface area contributed by atoms with Crippen LogP contribution < -0.4 is 0 Å². The first-order valence-electron chi connectivity index (χ1n) is 6.20. The second-order valence-corrected chi connectivity index (χ2v) is 5.48. The van der Waals surface area contributed by atoms with Crippen LogP contribution in [0.5, 0.6) is 0 Å².